The Morgan fingerprint density at radius 2 is 1.80 bits per heavy atom. The van der Waals surface area contributed by atoms with Crippen LogP contribution in [0.4, 0.5) is 13.2 Å². The molecule has 0 amide bonds. The summed E-state index contributed by atoms with van der Waals surface area (Å²) in [5.74, 6) is 0.186. The molecule has 3 aromatic rings. The number of alkyl halides is 3. The van der Waals surface area contributed by atoms with Gasteiger partial charge in [-0.05, 0) is 17.7 Å². The Balaban J connectivity index is 1.90. The monoisotopic (exact) mass is 280 g/mol. The molecule has 102 valence electrons. The van der Waals surface area contributed by atoms with Crippen molar-refractivity contribution in [2.75, 3.05) is 0 Å². The average molecular weight is 280 g/mol. The molecule has 0 aliphatic rings. The Bertz CT molecular complexity index is 736. The second kappa shape index (κ2) is 4.48. The minimum atomic E-state index is -4.69. The SMILES string of the molecule is FC(F)(F)Oc1ccc(-c2cnc3nncn3c2)cc1. The normalized spacial score (nSPS) is 11.8. The number of halogens is 3. The van der Waals surface area contributed by atoms with Gasteiger partial charge in [0.25, 0.3) is 5.78 Å². The molecule has 0 radical (unpaired) electrons. The van der Waals surface area contributed by atoms with Crippen LogP contribution in [0.3, 0.4) is 0 Å². The van der Waals surface area contributed by atoms with E-state index in [1.165, 1.54) is 30.6 Å². The Hall–Kier alpha value is -2.64. The molecule has 2 aromatic heterocycles. The van der Waals surface area contributed by atoms with Crippen molar-refractivity contribution >= 4 is 5.78 Å². The van der Waals surface area contributed by atoms with Crippen molar-refractivity contribution < 1.29 is 17.9 Å². The zero-order valence-electron chi connectivity index (χ0n) is 9.87. The first-order chi connectivity index (χ1) is 9.51. The lowest BCUT2D eigenvalue weighted by Crippen LogP contribution is -2.16. The summed E-state index contributed by atoms with van der Waals surface area (Å²) in [5, 5.41) is 7.46. The van der Waals surface area contributed by atoms with Crippen LogP contribution in [0.1, 0.15) is 0 Å². The molecule has 0 fully saturated rings. The zero-order chi connectivity index (χ0) is 14.2. The third-order valence-corrected chi connectivity index (χ3v) is 2.57. The maximum absolute atomic E-state index is 12.1. The van der Waals surface area contributed by atoms with Crippen molar-refractivity contribution in [3.05, 3.63) is 43.0 Å². The lowest BCUT2D eigenvalue weighted by Gasteiger charge is -2.09. The molecule has 0 aliphatic carbocycles. The highest BCUT2D eigenvalue weighted by molar-refractivity contribution is 5.63. The van der Waals surface area contributed by atoms with Crippen LogP contribution >= 0.6 is 0 Å². The van der Waals surface area contributed by atoms with Crippen LogP contribution in [0.5, 0.6) is 5.75 Å². The summed E-state index contributed by atoms with van der Waals surface area (Å²) in [5.41, 5.74) is 1.44. The summed E-state index contributed by atoms with van der Waals surface area (Å²) in [6, 6.07) is 5.54. The van der Waals surface area contributed by atoms with Gasteiger partial charge in [0.2, 0.25) is 0 Å². The molecule has 3 rings (SSSR count). The van der Waals surface area contributed by atoms with Crippen LogP contribution in [0.25, 0.3) is 16.9 Å². The van der Waals surface area contributed by atoms with Gasteiger partial charge >= 0.3 is 6.36 Å². The number of hydrogen-bond donors (Lipinski definition) is 0. The molecule has 0 unspecified atom stereocenters. The number of benzene rings is 1. The highest BCUT2D eigenvalue weighted by atomic mass is 19.4. The average Bonchev–Trinajstić information content (AvgIpc) is 2.85. The van der Waals surface area contributed by atoms with Crippen molar-refractivity contribution in [2.45, 2.75) is 6.36 Å². The van der Waals surface area contributed by atoms with Gasteiger partial charge < -0.3 is 4.74 Å². The van der Waals surface area contributed by atoms with E-state index in [-0.39, 0.29) is 5.75 Å². The fraction of sp³-hybridized carbons (Fsp3) is 0.0833. The Morgan fingerprint density at radius 1 is 1.05 bits per heavy atom. The first-order valence-corrected chi connectivity index (χ1v) is 5.53. The van der Waals surface area contributed by atoms with Gasteiger partial charge in [-0.15, -0.1) is 23.4 Å². The topological polar surface area (TPSA) is 52.3 Å². The van der Waals surface area contributed by atoms with Crippen LogP contribution in [-0.4, -0.2) is 25.9 Å². The summed E-state index contributed by atoms with van der Waals surface area (Å²) in [6.45, 7) is 0. The van der Waals surface area contributed by atoms with Crippen LogP contribution in [0.15, 0.2) is 43.0 Å². The first-order valence-electron chi connectivity index (χ1n) is 5.53. The second-order valence-electron chi connectivity index (χ2n) is 3.95. The Kier molecular flexibility index (Phi) is 2.78. The quantitative estimate of drug-likeness (QED) is 0.724. The third-order valence-electron chi connectivity index (χ3n) is 2.57. The van der Waals surface area contributed by atoms with Crippen LogP contribution in [0.2, 0.25) is 0 Å². The molecule has 0 bridgehead atoms. The van der Waals surface area contributed by atoms with Crippen LogP contribution in [-0.2, 0) is 0 Å². The first kappa shape index (κ1) is 12.4. The number of aromatic nitrogens is 4. The molecule has 5 nitrogen and oxygen atoms in total. The van der Waals surface area contributed by atoms with Gasteiger partial charge in [-0.2, -0.15) is 0 Å². The molecular formula is C12H7F3N4O. The molecule has 20 heavy (non-hydrogen) atoms. The molecule has 1 aromatic carbocycles. The van der Waals surface area contributed by atoms with Crippen molar-refractivity contribution in [3.63, 3.8) is 0 Å². The van der Waals surface area contributed by atoms with Crippen LogP contribution < -0.4 is 4.74 Å². The van der Waals surface area contributed by atoms with Gasteiger partial charge in [-0.25, -0.2) is 4.98 Å². The van der Waals surface area contributed by atoms with Crippen molar-refractivity contribution in [1.82, 2.24) is 19.6 Å². The van der Waals surface area contributed by atoms with Gasteiger partial charge in [0.1, 0.15) is 12.1 Å². The van der Waals surface area contributed by atoms with E-state index in [9.17, 15) is 13.2 Å². The molecule has 0 atom stereocenters. The Labute approximate surface area is 110 Å². The summed E-state index contributed by atoms with van der Waals surface area (Å²) in [7, 11) is 0. The lowest BCUT2D eigenvalue weighted by atomic mass is 10.1. The third kappa shape index (κ3) is 2.53. The fourth-order valence-corrected chi connectivity index (χ4v) is 1.73. The number of hydrogen-bond acceptors (Lipinski definition) is 4. The summed E-state index contributed by atoms with van der Waals surface area (Å²) in [4.78, 5) is 4.08. The van der Waals surface area contributed by atoms with Gasteiger partial charge in [0.05, 0.1) is 0 Å². The van der Waals surface area contributed by atoms with Gasteiger partial charge in [-0.1, -0.05) is 12.1 Å². The van der Waals surface area contributed by atoms with E-state index in [4.69, 9.17) is 0 Å². The second-order valence-corrected chi connectivity index (χ2v) is 3.95. The van der Waals surface area contributed by atoms with E-state index >= 15 is 0 Å². The maximum atomic E-state index is 12.1. The zero-order valence-corrected chi connectivity index (χ0v) is 9.87. The van der Waals surface area contributed by atoms with E-state index in [1.807, 2.05) is 0 Å². The summed E-state index contributed by atoms with van der Waals surface area (Å²) in [6.07, 6.45) is 0.114. The highest BCUT2D eigenvalue weighted by Crippen LogP contribution is 2.26. The number of rotatable bonds is 2. The summed E-state index contributed by atoms with van der Waals surface area (Å²) < 4.78 is 41.6. The molecule has 0 spiro atoms. The fourth-order valence-electron chi connectivity index (χ4n) is 1.73. The van der Waals surface area contributed by atoms with E-state index in [0.29, 0.717) is 11.3 Å². The smallest absolute Gasteiger partial charge is 0.406 e. The predicted octanol–water partition coefficient (Wildman–Crippen LogP) is 2.69. The molecular weight excluding hydrogens is 273 g/mol. The standard InChI is InChI=1S/C12H7F3N4O/c13-12(14,15)20-10-3-1-8(2-4-10)9-5-16-11-18-17-7-19(11)6-9/h1-7H. The number of nitrogens with zero attached hydrogens (tertiary/aromatic N) is 4. The van der Waals surface area contributed by atoms with Crippen molar-refractivity contribution in [3.8, 4) is 16.9 Å². The van der Waals surface area contributed by atoms with E-state index < -0.39 is 6.36 Å². The van der Waals surface area contributed by atoms with Gasteiger partial charge in [0.15, 0.2) is 0 Å². The lowest BCUT2D eigenvalue weighted by molar-refractivity contribution is -0.274. The highest BCUT2D eigenvalue weighted by Gasteiger charge is 2.30. The molecule has 0 saturated heterocycles. The molecule has 8 heteroatoms. The maximum Gasteiger partial charge on any atom is 0.573 e. The minimum Gasteiger partial charge on any atom is -0.406 e. The number of fused-ring (bicyclic) bond motifs is 1. The van der Waals surface area contributed by atoms with E-state index in [2.05, 4.69) is 19.9 Å². The van der Waals surface area contributed by atoms with Crippen molar-refractivity contribution in [2.24, 2.45) is 0 Å². The van der Waals surface area contributed by atoms with E-state index in [1.54, 1.807) is 16.8 Å². The summed E-state index contributed by atoms with van der Waals surface area (Å²) >= 11 is 0. The van der Waals surface area contributed by atoms with Gasteiger partial charge in [-0.3, -0.25) is 4.40 Å². The predicted molar refractivity (Wildman–Crippen MR) is 62.9 cm³/mol. The largest absolute Gasteiger partial charge is 0.573 e. The number of ether oxygens (including phenoxy) is 1. The Morgan fingerprint density at radius 3 is 2.50 bits per heavy atom. The van der Waals surface area contributed by atoms with Crippen LogP contribution in [0, 0.1) is 0 Å². The van der Waals surface area contributed by atoms with Crippen molar-refractivity contribution in [1.29, 1.82) is 0 Å². The van der Waals surface area contributed by atoms with Gasteiger partial charge in [0, 0.05) is 18.0 Å². The molecule has 0 aliphatic heterocycles. The molecule has 0 saturated carbocycles. The molecule has 0 N–H and O–H groups in total. The molecule has 2 heterocycles. The van der Waals surface area contributed by atoms with E-state index in [0.717, 1.165) is 5.56 Å². The minimum absolute atomic E-state index is 0.264.